The number of nitriles is 1. The van der Waals surface area contributed by atoms with Gasteiger partial charge in [-0.1, -0.05) is 12.5 Å². The third kappa shape index (κ3) is 4.07. The van der Waals surface area contributed by atoms with Gasteiger partial charge >= 0.3 is 0 Å². The summed E-state index contributed by atoms with van der Waals surface area (Å²) < 4.78 is 27.1. The molecule has 2 aromatic carbocycles. The molecule has 0 atom stereocenters. The molecule has 27 heavy (non-hydrogen) atoms. The van der Waals surface area contributed by atoms with E-state index in [0.717, 1.165) is 19.3 Å². The Balaban J connectivity index is 1.88. The molecular formula is C18H18N4O4S. The van der Waals surface area contributed by atoms with Crippen molar-refractivity contribution in [3.8, 4) is 6.07 Å². The summed E-state index contributed by atoms with van der Waals surface area (Å²) in [5.74, 6) is 0. The van der Waals surface area contributed by atoms with Crippen LogP contribution in [0.1, 0.15) is 24.8 Å². The Morgan fingerprint density at radius 2 is 1.85 bits per heavy atom. The maximum Gasteiger partial charge on any atom is 0.270 e. The molecule has 8 nitrogen and oxygen atoms in total. The van der Waals surface area contributed by atoms with Gasteiger partial charge in [0.1, 0.15) is 6.07 Å². The van der Waals surface area contributed by atoms with E-state index >= 15 is 0 Å². The third-order valence-corrected chi connectivity index (χ3v) is 6.29. The molecule has 0 unspecified atom stereocenters. The van der Waals surface area contributed by atoms with Gasteiger partial charge in [-0.3, -0.25) is 10.1 Å². The molecule has 0 aliphatic carbocycles. The number of benzene rings is 2. The molecule has 1 heterocycles. The first kappa shape index (κ1) is 18.8. The second kappa shape index (κ2) is 7.73. The number of rotatable bonds is 5. The van der Waals surface area contributed by atoms with Gasteiger partial charge in [-0.05, 0) is 37.1 Å². The van der Waals surface area contributed by atoms with E-state index in [4.69, 9.17) is 0 Å². The van der Waals surface area contributed by atoms with E-state index in [1.54, 1.807) is 12.1 Å². The normalized spacial score (nSPS) is 15.1. The SMILES string of the molecule is N#Cc1cc([N+](=O)[O-])ccc1Nc1cccc(S(=O)(=O)N2CCCCC2)c1. The zero-order valence-corrected chi connectivity index (χ0v) is 15.3. The van der Waals surface area contributed by atoms with Crippen LogP contribution in [-0.4, -0.2) is 30.7 Å². The number of hydrogen-bond acceptors (Lipinski definition) is 6. The summed E-state index contributed by atoms with van der Waals surface area (Å²) in [4.78, 5) is 10.5. The predicted molar refractivity (Wildman–Crippen MR) is 100 cm³/mol. The second-order valence-corrected chi connectivity index (χ2v) is 8.15. The molecule has 1 aliphatic rings. The largest absolute Gasteiger partial charge is 0.354 e. The molecule has 140 valence electrons. The van der Waals surface area contributed by atoms with Crippen LogP contribution in [0.25, 0.3) is 0 Å². The average molecular weight is 386 g/mol. The summed E-state index contributed by atoms with van der Waals surface area (Å²) in [7, 11) is -3.57. The quantitative estimate of drug-likeness (QED) is 0.622. The van der Waals surface area contributed by atoms with E-state index in [1.807, 2.05) is 6.07 Å². The molecule has 1 fully saturated rings. The molecular weight excluding hydrogens is 368 g/mol. The Kier molecular flexibility index (Phi) is 5.39. The van der Waals surface area contributed by atoms with Gasteiger partial charge in [0.2, 0.25) is 10.0 Å². The molecule has 1 N–H and O–H groups in total. The van der Waals surface area contributed by atoms with Gasteiger partial charge in [-0.15, -0.1) is 0 Å². The third-order valence-electron chi connectivity index (χ3n) is 4.40. The fraction of sp³-hybridized carbons (Fsp3) is 0.278. The molecule has 9 heteroatoms. The number of sulfonamides is 1. The number of nitro benzene ring substituents is 1. The van der Waals surface area contributed by atoms with Gasteiger partial charge in [0.15, 0.2) is 0 Å². The minimum atomic E-state index is -3.57. The van der Waals surface area contributed by atoms with Gasteiger partial charge in [0.05, 0.1) is 21.1 Å². The lowest BCUT2D eigenvalue weighted by atomic mass is 10.1. The summed E-state index contributed by atoms with van der Waals surface area (Å²) in [6, 6.07) is 12.2. The topological polar surface area (TPSA) is 116 Å². The number of non-ortho nitro benzene ring substituents is 1. The fourth-order valence-corrected chi connectivity index (χ4v) is 4.55. The summed E-state index contributed by atoms with van der Waals surface area (Å²) in [6.45, 7) is 1.03. The lowest BCUT2D eigenvalue weighted by Crippen LogP contribution is -2.35. The Labute approximate surface area is 157 Å². The Morgan fingerprint density at radius 3 is 2.52 bits per heavy atom. The van der Waals surface area contributed by atoms with Crippen molar-refractivity contribution in [2.45, 2.75) is 24.2 Å². The number of anilines is 2. The van der Waals surface area contributed by atoms with Gasteiger partial charge in [0.25, 0.3) is 5.69 Å². The zero-order chi connectivity index (χ0) is 19.4. The van der Waals surface area contributed by atoms with Crippen LogP contribution in [0.2, 0.25) is 0 Å². The molecule has 0 spiro atoms. The Hall–Kier alpha value is -2.96. The summed E-state index contributed by atoms with van der Waals surface area (Å²) in [6.07, 6.45) is 2.74. The van der Waals surface area contributed by atoms with Crippen LogP contribution >= 0.6 is 0 Å². The van der Waals surface area contributed by atoms with Crippen LogP contribution in [-0.2, 0) is 10.0 Å². The maximum atomic E-state index is 12.8. The summed E-state index contributed by atoms with van der Waals surface area (Å²) in [5, 5.41) is 23.1. The van der Waals surface area contributed by atoms with Gasteiger partial charge in [-0.25, -0.2) is 8.42 Å². The molecule has 0 saturated carbocycles. The first-order chi connectivity index (χ1) is 12.9. The Bertz CT molecular complexity index is 1010. The number of nitrogens with one attached hydrogen (secondary N) is 1. The zero-order valence-electron chi connectivity index (χ0n) is 14.5. The van der Waals surface area contributed by atoms with Gasteiger partial charge in [-0.2, -0.15) is 9.57 Å². The van der Waals surface area contributed by atoms with Crippen molar-refractivity contribution >= 4 is 27.1 Å². The van der Waals surface area contributed by atoms with Gasteiger partial charge in [0, 0.05) is 30.9 Å². The minimum absolute atomic E-state index is 0.105. The van der Waals surface area contributed by atoms with E-state index in [-0.39, 0.29) is 16.1 Å². The van der Waals surface area contributed by atoms with E-state index < -0.39 is 14.9 Å². The van der Waals surface area contributed by atoms with E-state index in [2.05, 4.69) is 5.32 Å². The van der Waals surface area contributed by atoms with E-state index in [0.29, 0.717) is 24.5 Å². The van der Waals surface area contributed by atoms with Crippen LogP contribution in [0.5, 0.6) is 0 Å². The van der Waals surface area contributed by atoms with Crippen molar-refractivity contribution in [1.82, 2.24) is 4.31 Å². The van der Waals surface area contributed by atoms with Crippen LogP contribution in [0.3, 0.4) is 0 Å². The molecule has 2 aromatic rings. The number of nitro groups is 1. The van der Waals surface area contributed by atoms with Gasteiger partial charge < -0.3 is 5.32 Å². The number of nitrogens with zero attached hydrogens (tertiary/aromatic N) is 3. The van der Waals surface area contributed by atoms with Crippen LogP contribution in [0.4, 0.5) is 17.1 Å². The first-order valence-corrected chi connectivity index (χ1v) is 9.91. The highest BCUT2D eigenvalue weighted by Gasteiger charge is 2.26. The molecule has 0 amide bonds. The van der Waals surface area contributed by atoms with Crippen LogP contribution in [0, 0.1) is 21.4 Å². The average Bonchev–Trinajstić information content (AvgIpc) is 2.69. The molecule has 0 bridgehead atoms. The highest BCUT2D eigenvalue weighted by molar-refractivity contribution is 7.89. The molecule has 0 radical (unpaired) electrons. The summed E-state index contributed by atoms with van der Waals surface area (Å²) >= 11 is 0. The number of piperidine rings is 1. The lowest BCUT2D eigenvalue weighted by molar-refractivity contribution is -0.384. The van der Waals surface area contributed by atoms with Crippen molar-refractivity contribution in [2.75, 3.05) is 18.4 Å². The number of hydrogen-bond donors (Lipinski definition) is 1. The Morgan fingerprint density at radius 1 is 1.11 bits per heavy atom. The standard InChI is InChI=1S/C18H18N4O4S/c19-13-14-11-16(22(23)24)7-8-18(14)20-15-5-4-6-17(12-15)27(25,26)21-9-2-1-3-10-21/h4-8,11-12,20H,1-3,9-10H2. The maximum absolute atomic E-state index is 12.8. The molecule has 1 aliphatic heterocycles. The fourth-order valence-electron chi connectivity index (χ4n) is 2.99. The monoisotopic (exact) mass is 386 g/mol. The molecule has 0 aromatic heterocycles. The first-order valence-electron chi connectivity index (χ1n) is 8.47. The summed E-state index contributed by atoms with van der Waals surface area (Å²) in [5.41, 5.74) is 0.779. The van der Waals surface area contributed by atoms with Crippen LogP contribution in [0.15, 0.2) is 47.4 Å². The van der Waals surface area contributed by atoms with Crippen molar-refractivity contribution in [3.05, 3.63) is 58.1 Å². The molecule has 3 rings (SSSR count). The van der Waals surface area contributed by atoms with Crippen molar-refractivity contribution in [2.24, 2.45) is 0 Å². The highest BCUT2D eigenvalue weighted by Crippen LogP contribution is 2.27. The second-order valence-electron chi connectivity index (χ2n) is 6.22. The van der Waals surface area contributed by atoms with Crippen molar-refractivity contribution in [3.63, 3.8) is 0 Å². The highest BCUT2D eigenvalue weighted by atomic mass is 32.2. The minimum Gasteiger partial charge on any atom is -0.354 e. The van der Waals surface area contributed by atoms with Crippen molar-refractivity contribution < 1.29 is 13.3 Å². The van der Waals surface area contributed by atoms with E-state index in [1.165, 1.54) is 34.6 Å². The molecule has 1 saturated heterocycles. The van der Waals surface area contributed by atoms with Crippen LogP contribution < -0.4 is 5.32 Å². The smallest absolute Gasteiger partial charge is 0.270 e. The lowest BCUT2D eigenvalue weighted by Gasteiger charge is -2.26. The van der Waals surface area contributed by atoms with Crippen molar-refractivity contribution in [1.29, 1.82) is 5.26 Å². The predicted octanol–water partition coefficient (Wildman–Crippen LogP) is 3.38. The van der Waals surface area contributed by atoms with E-state index in [9.17, 15) is 23.8 Å².